The summed E-state index contributed by atoms with van der Waals surface area (Å²) in [6.45, 7) is 0. The number of aromatic carboxylic acids is 1. The van der Waals surface area contributed by atoms with Gasteiger partial charge in [0.2, 0.25) is 0 Å². The van der Waals surface area contributed by atoms with E-state index in [0.717, 1.165) is 0 Å². The molecule has 5 nitrogen and oxygen atoms in total. The third kappa shape index (κ3) is 4.40. The van der Waals surface area contributed by atoms with Gasteiger partial charge in [0.1, 0.15) is 0 Å². The molecule has 0 unspecified atom stereocenters. The molecule has 9 N–H and O–H groups in total. The second-order valence-electron chi connectivity index (χ2n) is 1.65. The van der Waals surface area contributed by atoms with Crippen LogP contribution in [-0.4, -0.2) is 11.4 Å². The maximum absolute atomic E-state index is 10.1. The summed E-state index contributed by atoms with van der Waals surface area (Å²) in [5, 5.41) is 10.1. The summed E-state index contributed by atoms with van der Waals surface area (Å²) < 4.78 is 0. The van der Waals surface area contributed by atoms with Crippen molar-refractivity contribution in [2.75, 3.05) is 0 Å². The Kier molecular flexibility index (Phi) is 10.8. The minimum absolute atomic E-state index is 0. The number of rotatable bonds is 1. The number of carbonyl (C=O) groups is 1. The molecule has 0 amide bonds. The quantitative estimate of drug-likeness (QED) is 0.643. The Balaban J connectivity index is -0.000000270. The van der Waals surface area contributed by atoms with Crippen molar-refractivity contribution >= 4 is 5.97 Å². The number of carboxylic acid groups (broad SMARTS) is 1. The van der Waals surface area contributed by atoms with E-state index in [0.29, 0.717) is 0 Å². The van der Waals surface area contributed by atoms with E-state index >= 15 is 0 Å². The summed E-state index contributed by atoms with van der Waals surface area (Å²) in [5.74, 6) is -1.13. The third-order valence-corrected chi connectivity index (χ3v) is 1.01. The van der Waals surface area contributed by atoms with Gasteiger partial charge in [-0.25, -0.2) is 0 Å². The summed E-state index contributed by atoms with van der Waals surface area (Å²) in [6.07, 6.45) is 0. The van der Waals surface area contributed by atoms with Gasteiger partial charge in [-0.1, -0.05) is 30.3 Å². The van der Waals surface area contributed by atoms with Crippen LogP contribution in [0.5, 0.6) is 0 Å². The molecular weight excluding hydrogens is 160 g/mol. The first-order valence-electron chi connectivity index (χ1n) is 2.57. The number of benzene rings is 1. The summed E-state index contributed by atoms with van der Waals surface area (Å²) >= 11 is 0. The third-order valence-electron chi connectivity index (χ3n) is 1.01. The van der Waals surface area contributed by atoms with Crippen LogP contribution in [0.2, 0.25) is 0 Å². The fourth-order valence-corrected chi connectivity index (χ4v) is 0.574. The monoisotopic (exact) mass is 174 g/mol. The van der Waals surface area contributed by atoms with Crippen LogP contribution in [0, 0.1) is 0 Å². The molecule has 5 heteroatoms. The molecule has 0 aliphatic heterocycles. The highest BCUT2D eigenvalue weighted by molar-refractivity contribution is 5.85. The van der Waals surface area contributed by atoms with E-state index in [9.17, 15) is 9.90 Å². The minimum atomic E-state index is -1.13. The van der Waals surface area contributed by atoms with Crippen molar-refractivity contribution in [2.24, 2.45) is 0 Å². The summed E-state index contributed by atoms with van der Waals surface area (Å²) in [7, 11) is 0. The highest BCUT2D eigenvalue weighted by Crippen LogP contribution is 1.94. The molecule has 1 rings (SSSR count). The highest BCUT2D eigenvalue weighted by Gasteiger charge is 1.85. The number of carboxylic acids is 1. The van der Waals surface area contributed by atoms with E-state index in [-0.39, 0.29) is 23.3 Å². The van der Waals surface area contributed by atoms with Crippen LogP contribution in [-0.2, 0) is 0 Å². The Morgan fingerprint density at radius 3 is 1.75 bits per heavy atom. The lowest BCUT2D eigenvalue weighted by Crippen LogP contribution is -2.21. The van der Waals surface area contributed by atoms with E-state index in [4.69, 9.17) is 0 Å². The largest absolute Gasteiger partial charge is 0.870 e. The molecule has 1 aromatic rings. The zero-order valence-corrected chi connectivity index (χ0v) is 7.15. The van der Waals surface area contributed by atoms with Gasteiger partial charge in [0.25, 0.3) is 0 Å². The normalized spacial score (nSPS) is 6.67. The van der Waals surface area contributed by atoms with Crippen molar-refractivity contribution in [1.82, 2.24) is 12.3 Å². The lowest BCUT2D eigenvalue weighted by Gasteiger charge is -1.97. The van der Waals surface area contributed by atoms with Crippen molar-refractivity contribution in [3.63, 3.8) is 0 Å². The van der Waals surface area contributed by atoms with Gasteiger partial charge < -0.3 is 27.7 Å². The first-order valence-corrected chi connectivity index (χ1v) is 2.57. The second-order valence-corrected chi connectivity index (χ2v) is 1.65. The molecule has 0 aliphatic rings. The number of hydrogen-bond acceptors (Lipinski definition) is 3. The zero-order valence-electron chi connectivity index (χ0n) is 7.15. The van der Waals surface area contributed by atoms with Crippen molar-refractivity contribution in [2.45, 2.75) is 0 Å². The van der Waals surface area contributed by atoms with Gasteiger partial charge in [-0.3, -0.25) is 0 Å². The van der Waals surface area contributed by atoms with E-state index in [1.807, 2.05) is 0 Å². The summed E-state index contributed by atoms with van der Waals surface area (Å²) in [4.78, 5) is 10.1. The van der Waals surface area contributed by atoms with Gasteiger partial charge in [-0.15, -0.1) is 0 Å². The van der Waals surface area contributed by atoms with Crippen molar-refractivity contribution in [1.29, 1.82) is 0 Å². The Hall–Kier alpha value is -1.43. The van der Waals surface area contributed by atoms with Crippen LogP contribution in [0.4, 0.5) is 0 Å². The Bertz CT molecular complexity index is 213. The van der Waals surface area contributed by atoms with E-state index in [1.165, 1.54) is 12.1 Å². The maximum Gasteiger partial charge on any atom is 0.0715 e. The van der Waals surface area contributed by atoms with Gasteiger partial charge in [0, 0.05) is 0 Å². The predicted molar refractivity (Wildman–Crippen MR) is 44.7 cm³/mol. The van der Waals surface area contributed by atoms with Gasteiger partial charge in [0.15, 0.2) is 0 Å². The first-order chi connectivity index (χ1) is 4.30. The van der Waals surface area contributed by atoms with Crippen LogP contribution >= 0.6 is 0 Å². The van der Waals surface area contributed by atoms with Crippen LogP contribution in [0.25, 0.3) is 0 Å². The standard InChI is InChI=1S/C7H6O2.2H3N.H2O/c8-7(9)6-4-2-1-3-5-6;;;/h1-5H,(H,8,9);2*1H3;1H2. The fourth-order valence-electron chi connectivity index (χ4n) is 0.574. The van der Waals surface area contributed by atoms with Gasteiger partial charge in [-0.2, -0.15) is 0 Å². The molecule has 0 aliphatic carbocycles. The first kappa shape index (κ1) is 16.9. The SMILES string of the molecule is O=C([O-])c1ccccc1.[NH4+].[NH4+].[OH-]. The van der Waals surface area contributed by atoms with Crippen molar-refractivity contribution in [3.05, 3.63) is 35.9 Å². The molecule has 0 fully saturated rings. The molecule has 0 atom stereocenters. The summed E-state index contributed by atoms with van der Waals surface area (Å²) in [5.41, 5.74) is 0.220. The molecular formula is C7H14N2O3. The van der Waals surface area contributed by atoms with Crippen LogP contribution in [0.1, 0.15) is 10.4 Å². The Labute approximate surface area is 70.5 Å². The van der Waals surface area contributed by atoms with Crippen molar-refractivity contribution in [3.8, 4) is 0 Å². The molecule has 12 heavy (non-hydrogen) atoms. The van der Waals surface area contributed by atoms with Crippen LogP contribution < -0.4 is 17.4 Å². The number of quaternary nitrogens is 2. The number of carbonyl (C=O) groups excluding carboxylic acids is 1. The molecule has 0 saturated carbocycles. The zero-order chi connectivity index (χ0) is 6.69. The highest BCUT2D eigenvalue weighted by atomic mass is 16.4. The molecule has 0 radical (unpaired) electrons. The molecule has 0 bridgehead atoms. The van der Waals surface area contributed by atoms with Gasteiger partial charge in [0.05, 0.1) is 5.97 Å². The topological polar surface area (TPSA) is 143 Å². The van der Waals surface area contributed by atoms with E-state index in [2.05, 4.69) is 0 Å². The molecule has 1 aromatic carbocycles. The Morgan fingerprint density at radius 1 is 1.08 bits per heavy atom. The Morgan fingerprint density at radius 2 is 1.50 bits per heavy atom. The maximum atomic E-state index is 10.1. The smallest absolute Gasteiger partial charge is 0.0715 e. The molecule has 70 valence electrons. The van der Waals surface area contributed by atoms with Crippen LogP contribution in [0.3, 0.4) is 0 Å². The van der Waals surface area contributed by atoms with Gasteiger partial charge >= 0.3 is 0 Å². The van der Waals surface area contributed by atoms with Gasteiger partial charge in [-0.05, 0) is 5.56 Å². The molecule has 0 heterocycles. The summed E-state index contributed by atoms with van der Waals surface area (Å²) in [6, 6.07) is 8.06. The molecule has 0 spiro atoms. The minimum Gasteiger partial charge on any atom is -0.870 e. The van der Waals surface area contributed by atoms with E-state index < -0.39 is 5.97 Å². The van der Waals surface area contributed by atoms with E-state index in [1.54, 1.807) is 18.2 Å². The average molecular weight is 174 g/mol. The van der Waals surface area contributed by atoms with Crippen molar-refractivity contribution < 1.29 is 15.4 Å². The van der Waals surface area contributed by atoms with Crippen LogP contribution in [0.15, 0.2) is 30.3 Å². The molecule has 0 aromatic heterocycles. The fraction of sp³-hybridized carbons (Fsp3) is 0. The average Bonchev–Trinajstić information content (AvgIpc) is 1.90. The number of hydrogen-bond donors (Lipinski definition) is 2. The lowest BCUT2D eigenvalue weighted by molar-refractivity contribution is -0.255. The predicted octanol–water partition coefficient (Wildman–Crippen LogP) is 0.626. The lowest BCUT2D eigenvalue weighted by atomic mass is 10.2. The molecule has 0 saturated heterocycles. The second kappa shape index (κ2) is 7.67.